The van der Waals surface area contributed by atoms with Crippen LogP contribution in [0.4, 0.5) is 5.69 Å². The lowest BCUT2D eigenvalue weighted by Gasteiger charge is -2.35. The molecule has 27 heavy (non-hydrogen) atoms. The van der Waals surface area contributed by atoms with E-state index in [0.717, 1.165) is 11.4 Å². The summed E-state index contributed by atoms with van der Waals surface area (Å²) in [4.78, 5) is 13.7. The Labute approximate surface area is 159 Å². The van der Waals surface area contributed by atoms with Gasteiger partial charge < -0.3 is 15.4 Å². The minimum Gasteiger partial charge on any atom is -0.497 e. The number of sulfonamides is 1. The van der Waals surface area contributed by atoms with Crippen molar-refractivity contribution < 1.29 is 17.9 Å². The molecule has 2 aromatic carbocycles. The van der Waals surface area contributed by atoms with Crippen molar-refractivity contribution in [3.05, 3.63) is 53.6 Å². The Balaban J connectivity index is 1.77. The summed E-state index contributed by atoms with van der Waals surface area (Å²) in [7, 11) is -2.06. The first-order valence-electron chi connectivity index (χ1n) is 8.62. The van der Waals surface area contributed by atoms with Crippen LogP contribution < -0.4 is 15.4 Å². The summed E-state index contributed by atoms with van der Waals surface area (Å²) in [6, 6.07) is 12.2. The summed E-state index contributed by atoms with van der Waals surface area (Å²) in [6.45, 7) is 3.59. The van der Waals surface area contributed by atoms with Crippen molar-refractivity contribution in [3.8, 4) is 5.75 Å². The Morgan fingerprint density at radius 3 is 2.41 bits per heavy atom. The highest BCUT2D eigenvalue weighted by molar-refractivity contribution is 7.89. The van der Waals surface area contributed by atoms with Crippen molar-refractivity contribution in [2.24, 2.45) is 5.73 Å². The second-order valence-corrected chi connectivity index (χ2v) is 8.37. The van der Waals surface area contributed by atoms with Gasteiger partial charge in [-0.1, -0.05) is 12.1 Å². The van der Waals surface area contributed by atoms with Crippen LogP contribution in [0.5, 0.6) is 5.75 Å². The number of amides is 1. The molecule has 2 N–H and O–H groups in total. The zero-order chi connectivity index (χ0) is 19.6. The molecule has 1 fully saturated rings. The normalized spacial score (nSPS) is 15.6. The van der Waals surface area contributed by atoms with Crippen molar-refractivity contribution >= 4 is 21.6 Å². The van der Waals surface area contributed by atoms with Gasteiger partial charge >= 0.3 is 0 Å². The van der Waals surface area contributed by atoms with Crippen LogP contribution in [0.15, 0.2) is 47.4 Å². The number of primary amides is 1. The lowest BCUT2D eigenvalue weighted by Crippen LogP contribution is -2.48. The van der Waals surface area contributed by atoms with Crippen molar-refractivity contribution in [2.75, 3.05) is 38.2 Å². The van der Waals surface area contributed by atoms with Gasteiger partial charge in [-0.2, -0.15) is 4.31 Å². The molecule has 1 amide bonds. The first kappa shape index (κ1) is 19.2. The van der Waals surface area contributed by atoms with Crippen LogP contribution >= 0.6 is 0 Å². The summed E-state index contributed by atoms with van der Waals surface area (Å²) in [6.07, 6.45) is 0. The number of aryl methyl sites for hydroxylation is 1. The highest BCUT2D eigenvalue weighted by Gasteiger charge is 2.29. The molecular weight excluding hydrogens is 366 g/mol. The molecule has 0 atom stereocenters. The van der Waals surface area contributed by atoms with Crippen LogP contribution in [-0.2, 0) is 10.0 Å². The van der Waals surface area contributed by atoms with E-state index in [2.05, 4.69) is 4.90 Å². The van der Waals surface area contributed by atoms with E-state index >= 15 is 0 Å². The van der Waals surface area contributed by atoms with Gasteiger partial charge in [0.1, 0.15) is 5.75 Å². The van der Waals surface area contributed by atoms with Crippen LogP contribution in [0, 0.1) is 6.92 Å². The van der Waals surface area contributed by atoms with E-state index in [4.69, 9.17) is 10.5 Å². The van der Waals surface area contributed by atoms with Crippen LogP contribution in [0.1, 0.15) is 15.9 Å². The van der Waals surface area contributed by atoms with E-state index in [1.165, 1.54) is 16.4 Å². The number of methoxy groups -OCH3 is 1. The quantitative estimate of drug-likeness (QED) is 0.839. The Morgan fingerprint density at radius 1 is 1.07 bits per heavy atom. The van der Waals surface area contributed by atoms with Crippen molar-refractivity contribution in [3.63, 3.8) is 0 Å². The van der Waals surface area contributed by atoms with E-state index in [9.17, 15) is 13.2 Å². The van der Waals surface area contributed by atoms with Crippen LogP contribution in [0.3, 0.4) is 0 Å². The SMILES string of the molecule is COc1cccc(N2CCN(S(=O)(=O)c3ccc(C)c(C(N)=O)c3)CC2)c1. The Bertz CT molecular complexity index is 951. The third-order valence-electron chi connectivity index (χ3n) is 4.77. The summed E-state index contributed by atoms with van der Waals surface area (Å²) < 4.78 is 32.6. The van der Waals surface area contributed by atoms with Gasteiger partial charge in [-0.15, -0.1) is 0 Å². The standard InChI is InChI=1S/C19H23N3O4S/c1-14-6-7-17(13-18(14)19(20)23)27(24,25)22-10-8-21(9-11-22)15-4-3-5-16(12-15)26-2/h3-7,12-13H,8-11H2,1-2H3,(H2,20,23). The fraction of sp³-hybridized carbons (Fsp3) is 0.316. The number of rotatable bonds is 5. The Hall–Kier alpha value is -2.58. The predicted octanol–water partition coefficient (Wildman–Crippen LogP) is 1.61. The van der Waals surface area contributed by atoms with E-state index in [1.807, 2.05) is 24.3 Å². The number of nitrogens with zero attached hydrogens (tertiary/aromatic N) is 2. The maximum absolute atomic E-state index is 13.0. The molecule has 1 saturated heterocycles. The molecule has 0 saturated carbocycles. The molecule has 1 aliphatic heterocycles. The molecule has 2 aromatic rings. The van der Waals surface area contributed by atoms with Crippen molar-refractivity contribution in [2.45, 2.75) is 11.8 Å². The van der Waals surface area contributed by atoms with Gasteiger partial charge in [0.15, 0.2) is 0 Å². The lowest BCUT2D eigenvalue weighted by molar-refractivity contribution is 0.0999. The molecule has 0 aliphatic carbocycles. The zero-order valence-corrected chi connectivity index (χ0v) is 16.2. The highest BCUT2D eigenvalue weighted by Crippen LogP contribution is 2.25. The summed E-state index contributed by atoms with van der Waals surface area (Å²) in [5, 5.41) is 0. The first-order valence-corrected chi connectivity index (χ1v) is 10.1. The summed E-state index contributed by atoms with van der Waals surface area (Å²) in [5.41, 5.74) is 7.23. The number of hydrogen-bond acceptors (Lipinski definition) is 5. The van der Waals surface area contributed by atoms with Gasteiger partial charge in [-0.3, -0.25) is 4.79 Å². The molecule has 0 spiro atoms. The molecule has 8 heteroatoms. The molecule has 3 rings (SSSR count). The second-order valence-electron chi connectivity index (χ2n) is 6.43. The number of nitrogens with two attached hydrogens (primary N) is 1. The van der Waals surface area contributed by atoms with Crippen LogP contribution in [0.2, 0.25) is 0 Å². The zero-order valence-electron chi connectivity index (χ0n) is 15.4. The number of carbonyl (C=O) groups is 1. The maximum atomic E-state index is 13.0. The molecule has 7 nitrogen and oxygen atoms in total. The average Bonchev–Trinajstić information content (AvgIpc) is 2.68. The minimum absolute atomic E-state index is 0.0942. The van der Waals surface area contributed by atoms with Crippen LogP contribution in [-0.4, -0.2) is 51.9 Å². The van der Waals surface area contributed by atoms with Gasteiger partial charge in [0.25, 0.3) is 0 Å². The van der Waals surface area contributed by atoms with Gasteiger partial charge in [0, 0.05) is 43.5 Å². The lowest BCUT2D eigenvalue weighted by atomic mass is 10.1. The average molecular weight is 389 g/mol. The minimum atomic E-state index is -3.68. The van der Waals surface area contributed by atoms with Crippen LogP contribution in [0.25, 0.3) is 0 Å². The van der Waals surface area contributed by atoms with E-state index < -0.39 is 15.9 Å². The molecular formula is C19H23N3O4S. The molecule has 0 aromatic heterocycles. The van der Waals surface area contributed by atoms with E-state index in [0.29, 0.717) is 31.7 Å². The van der Waals surface area contributed by atoms with Gasteiger partial charge in [-0.25, -0.2) is 8.42 Å². The fourth-order valence-corrected chi connectivity index (χ4v) is 4.62. The predicted molar refractivity (Wildman–Crippen MR) is 104 cm³/mol. The first-order chi connectivity index (χ1) is 12.8. The number of benzene rings is 2. The summed E-state index contributed by atoms with van der Waals surface area (Å²) >= 11 is 0. The maximum Gasteiger partial charge on any atom is 0.249 e. The number of carbonyl (C=O) groups excluding carboxylic acids is 1. The Kier molecular flexibility index (Phi) is 5.38. The van der Waals surface area contributed by atoms with E-state index in [-0.39, 0.29) is 10.5 Å². The summed E-state index contributed by atoms with van der Waals surface area (Å²) in [5.74, 6) is 0.133. The molecule has 1 aliphatic rings. The molecule has 0 unspecified atom stereocenters. The van der Waals surface area contributed by atoms with Crippen molar-refractivity contribution in [1.29, 1.82) is 0 Å². The number of ether oxygens (including phenoxy) is 1. The van der Waals surface area contributed by atoms with Gasteiger partial charge in [-0.05, 0) is 36.8 Å². The van der Waals surface area contributed by atoms with Gasteiger partial charge in [0.05, 0.1) is 12.0 Å². The number of piperazine rings is 1. The third kappa shape index (κ3) is 3.91. The highest BCUT2D eigenvalue weighted by atomic mass is 32.2. The topological polar surface area (TPSA) is 92.9 Å². The molecule has 0 radical (unpaired) electrons. The molecule has 0 bridgehead atoms. The smallest absolute Gasteiger partial charge is 0.249 e. The molecule has 144 valence electrons. The molecule has 1 heterocycles. The van der Waals surface area contributed by atoms with Gasteiger partial charge in [0.2, 0.25) is 15.9 Å². The Morgan fingerprint density at radius 2 is 1.78 bits per heavy atom. The second kappa shape index (κ2) is 7.58. The number of hydrogen-bond donors (Lipinski definition) is 1. The largest absolute Gasteiger partial charge is 0.497 e. The van der Waals surface area contributed by atoms with E-state index in [1.54, 1.807) is 20.1 Å². The van der Waals surface area contributed by atoms with Crippen molar-refractivity contribution in [1.82, 2.24) is 4.31 Å². The fourth-order valence-electron chi connectivity index (χ4n) is 3.17. The third-order valence-corrected chi connectivity index (χ3v) is 6.66. The monoisotopic (exact) mass is 389 g/mol. The number of anilines is 1.